The Morgan fingerprint density at radius 1 is 0.867 bits per heavy atom. The predicted molar refractivity (Wildman–Crippen MR) is 130 cm³/mol. The van der Waals surface area contributed by atoms with E-state index in [0.29, 0.717) is 23.0 Å². The third-order valence-electron chi connectivity index (χ3n) is 6.78. The zero-order chi connectivity index (χ0) is 20.8. The van der Waals surface area contributed by atoms with Crippen LogP contribution in [0.1, 0.15) is 77.6 Å². The molecule has 1 saturated carbocycles. The quantitative estimate of drug-likeness (QED) is 0.530. The molecule has 3 fully saturated rings. The standard InChI is InChI=1S/C23H38N6S/c1-18-10-9-15-29(17-18)21-16-20(28-13-7-4-8-14-28)25-22(26-21)27-23(30)24-19-11-5-2-3-6-12-19/h16,18-19H,2-15,17H2,1H3,(H2,24,25,26,27,30). The normalized spacial score (nSPS) is 23.7. The van der Waals surface area contributed by atoms with Crippen molar-refractivity contribution in [3.63, 3.8) is 0 Å². The number of thiocarbonyl (C=S) groups is 1. The smallest absolute Gasteiger partial charge is 0.232 e. The first-order valence-electron chi connectivity index (χ1n) is 12.1. The average molecular weight is 431 g/mol. The number of piperidine rings is 2. The SMILES string of the molecule is CC1CCCN(c2cc(N3CCCCC3)nc(NC(=S)NC3CCCCCC3)n2)C1. The number of aromatic nitrogens is 2. The highest BCUT2D eigenvalue weighted by atomic mass is 32.1. The Bertz CT molecular complexity index is 697. The zero-order valence-electron chi connectivity index (χ0n) is 18.5. The van der Waals surface area contributed by atoms with Gasteiger partial charge in [0.25, 0.3) is 0 Å². The number of hydrogen-bond donors (Lipinski definition) is 2. The summed E-state index contributed by atoms with van der Waals surface area (Å²) in [6.07, 6.45) is 14.0. The molecule has 0 spiro atoms. The number of rotatable bonds is 4. The van der Waals surface area contributed by atoms with Gasteiger partial charge in [0.05, 0.1) is 0 Å². The van der Waals surface area contributed by atoms with Gasteiger partial charge in [0, 0.05) is 38.3 Å². The maximum atomic E-state index is 5.65. The molecule has 166 valence electrons. The van der Waals surface area contributed by atoms with E-state index in [0.717, 1.165) is 37.8 Å². The minimum absolute atomic E-state index is 0.472. The third-order valence-corrected chi connectivity index (χ3v) is 7.00. The maximum absolute atomic E-state index is 5.65. The van der Waals surface area contributed by atoms with Crippen LogP contribution in [0.15, 0.2) is 6.07 Å². The molecule has 1 aliphatic carbocycles. The molecule has 3 heterocycles. The molecule has 0 radical (unpaired) electrons. The van der Waals surface area contributed by atoms with Gasteiger partial charge < -0.3 is 20.4 Å². The highest BCUT2D eigenvalue weighted by molar-refractivity contribution is 7.80. The molecule has 0 aromatic carbocycles. The molecule has 30 heavy (non-hydrogen) atoms. The second-order valence-corrected chi connectivity index (χ2v) is 9.84. The average Bonchev–Trinajstić information content (AvgIpc) is 3.03. The lowest BCUT2D eigenvalue weighted by Gasteiger charge is -2.33. The lowest BCUT2D eigenvalue weighted by molar-refractivity contribution is 0.444. The van der Waals surface area contributed by atoms with Gasteiger partial charge >= 0.3 is 0 Å². The first-order chi connectivity index (χ1) is 14.7. The Hall–Kier alpha value is -1.63. The van der Waals surface area contributed by atoms with Gasteiger partial charge in [-0.25, -0.2) is 0 Å². The summed E-state index contributed by atoms with van der Waals surface area (Å²) in [5.41, 5.74) is 0. The van der Waals surface area contributed by atoms with Crippen molar-refractivity contribution in [2.45, 2.75) is 83.6 Å². The van der Waals surface area contributed by atoms with Crippen LogP contribution in [0.25, 0.3) is 0 Å². The van der Waals surface area contributed by atoms with Crippen LogP contribution in [0.2, 0.25) is 0 Å². The van der Waals surface area contributed by atoms with Gasteiger partial charge in [0.2, 0.25) is 5.95 Å². The van der Waals surface area contributed by atoms with Crippen LogP contribution in [-0.4, -0.2) is 47.3 Å². The maximum Gasteiger partial charge on any atom is 0.232 e. The summed E-state index contributed by atoms with van der Waals surface area (Å²) in [6, 6.07) is 2.66. The molecule has 1 atom stereocenters. The van der Waals surface area contributed by atoms with Gasteiger partial charge in [0.15, 0.2) is 5.11 Å². The van der Waals surface area contributed by atoms with Gasteiger partial charge in [-0.3, -0.25) is 0 Å². The van der Waals surface area contributed by atoms with Gasteiger partial charge in [-0.05, 0) is 63.1 Å². The van der Waals surface area contributed by atoms with Crippen LogP contribution in [0.5, 0.6) is 0 Å². The molecule has 2 saturated heterocycles. The summed E-state index contributed by atoms with van der Waals surface area (Å²) in [7, 11) is 0. The second kappa shape index (κ2) is 10.6. The van der Waals surface area contributed by atoms with Crippen LogP contribution in [0.3, 0.4) is 0 Å². The van der Waals surface area contributed by atoms with E-state index in [2.05, 4.69) is 33.4 Å². The largest absolute Gasteiger partial charge is 0.360 e. The molecular formula is C23H38N6S. The molecular weight excluding hydrogens is 392 g/mol. The molecule has 2 aliphatic heterocycles. The van der Waals surface area contributed by atoms with Crippen LogP contribution >= 0.6 is 12.2 Å². The van der Waals surface area contributed by atoms with E-state index < -0.39 is 0 Å². The van der Waals surface area contributed by atoms with Crippen LogP contribution in [0.4, 0.5) is 17.6 Å². The van der Waals surface area contributed by atoms with Crippen molar-refractivity contribution in [1.29, 1.82) is 0 Å². The summed E-state index contributed by atoms with van der Waals surface area (Å²) in [4.78, 5) is 14.6. The van der Waals surface area contributed by atoms with Crippen LogP contribution in [-0.2, 0) is 0 Å². The van der Waals surface area contributed by atoms with E-state index in [4.69, 9.17) is 22.2 Å². The van der Waals surface area contributed by atoms with E-state index in [-0.39, 0.29) is 0 Å². The molecule has 3 aliphatic rings. The lowest BCUT2D eigenvalue weighted by Crippen LogP contribution is -2.39. The van der Waals surface area contributed by atoms with Crippen LogP contribution in [0, 0.1) is 5.92 Å². The Morgan fingerprint density at radius 3 is 2.20 bits per heavy atom. The summed E-state index contributed by atoms with van der Waals surface area (Å²) < 4.78 is 0. The molecule has 2 N–H and O–H groups in total. The van der Waals surface area contributed by atoms with E-state index in [9.17, 15) is 0 Å². The van der Waals surface area contributed by atoms with Gasteiger partial charge in [-0.1, -0.05) is 32.6 Å². The lowest BCUT2D eigenvalue weighted by atomic mass is 10.0. The molecule has 7 heteroatoms. The molecule has 1 aromatic heterocycles. The fraction of sp³-hybridized carbons (Fsp3) is 0.783. The van der Waals surface area contributed by atoms with Gasteiger partial charge in [0.1, 0.15) is 11.6 Å². The molecule has 0 bridgehead atoms. The number of nitrogens with one attached hydrogen (secondary N) is 2. The van der Waals surface area contributed by atoms with Crippen molar-refractivity contribution < 1.29 is 0 Å². The molecule has 1 unspecified atom stereocenters. The van der Waals surface area contributed by atoms with E-state index >= 15 is 0 Å². The number of nitrogens with zero attached hydrogens (tertiary/aromatic N) is 4. The fourth-order valence-corrected chi connectivity index (χ4v) is 5.33. The minimum atomic E-state index is 0.472. The summed E-state index contributed by atoms with van der Waals surface area (Å²) in [5, 5.41) is 7.51. The van der Waals surface area contributed by atoms with Crippen molar-refractivity contribution in [1.82, 2.24) is 15.3 Å². The Morgan fingerprint density at radius 2 is 1.50 bits per heavy atom. The number of anilines is 3. The van der Waals surface area contributed by atoms with Crippen molar-refractivity contribution in [2.24, 2.45) is 5.92 Å². The number of hydrogen-bond acceptors (Lipinski definition) is 5. The van der Waals surface area contributed by atoms with E-state index in [1.54, 1.807) is 0 Å². The monoisotopic (exact) mass is 430 g/mol. The Kier molecular flexibility index (Phi) is 7.63. The molecule has 6 nitrogen and oxygen atoms in total. The van der Waals surface area contributed by atoms with E-state index in [1.165, 1.54) is 70.6 Å². The second-order valence-electron chi connectivity index (χ2n) is 9.44. The first-order valence-corrected chi connectivity index (χ1v) is 12.5. The highest BCUT2D eigenvalue weighted by Gasteiger charge is 2.22. The third kappa shape index (κ3) is 5.96. The van der Waals surface area contributed by atoms with Crippen molar-refractivity contribution in [3.05, 3.63) is 6.07 Å². The van der Waals surface area contributed by atoms with Crippen molar-refractivity contribution >= 4 is 34.9 Å². The van der Waals surface area contributed by atoms with Crippen molar-refractivity contribution in [2.75, 3.05) is 41.3 Å². The van der Waals surface area contributed by atoms with Crippen LogP contribution < -0.4 is 20.4 Å². The summed E-state index contributed by atoms with van der Waals surface area (Å²) in [6.45, 7) is 6.64. The Balaban J connectivity index is 1.49. The summed E-state index contributed by atoms with van der Waals surface area (Å²) >= 11 is 5.65. The molecule has 0 amide bonds. The molecule has 4 rings (SSSR count). The molecule has 1 aromatic rings. The fourth-order valence-electron chi connectivity index (χ4n) is 5.07. The first kappa shape index (κ1) is 21.6. The van der Waals surface area contributed by atoms with Gasteiger partial charge in [-0.15, -0.1) is 0 Å². The topological polar surface area (TPSA) is 56.3 Å². The summed E-state index contributed by atoms with van der Waals surface area (Å²) in [5.74, 6) is 3.42. The Labute approximate surface area is 187 Å². The highest BCUT2D eigenvalue weighted by Crippen LogP contribution is 2.27. The minimum Gasteiger partial charge on any atom is -0.360 e. The van der Waals surface area contributed by atoms with Crippen molar-refractivity contribution in [3.8, 4) is 0 Å². The van der Waals surface area contributed by atoms with E-state index in [1.807, 2.05) is 0 Å². The predicted octanol–water partition coefficient (Wildman–Crippen LogP) is 4.71. The zero-order valence-corrected chi connectivity index (χ0v) is 19.4. The van der Waals surface area contributed by atoms with Gasteiger partial charge in [-0.2, -0.15) is 9.97 Å².